The first-order chi connectivity index (χ1) is 10.5. The van der Waals surface area contributed by atoms with Gasteiger partial charge in [0, 0.05) is 10.1 Å². The Balaban J connectivity index is 2.40. The van der Waals surface area contributed by atoms with Crippen LogP contribution in [0.4, 0.5) is 0 Å². The minimum Gasteiger partial charge on any atom is -0.520 e. The minimum atomic E-state index is -3.02. The van der Waals surface area contributed by atoms with Gasteiger partial charge in [-0.1, -0.05) is 84.0 Å². The monoisotopic (exact) mass is 328 g/mol. The van der Waals surface area contributed by atoms with Gasteiger partial charge in [0.1, 0.15) is 5.75 Å². The molecule has 3 heteroatoms. The molecule has 1 N–H and O–H groups in total. The van der Waals surface area contributed by atoms with E-state index in [0.717, 1.165) is 16.9 Å². The average molecular weight is 329 g/mol. The maximum atomic E-state index is 11.4. The Morgan fingerprint density at radius 3 is 1.78 bits per heavy atom. The van der Waals surface area contributed by atoms with Gasteiger partial charge in [0.15, 0.2) is 0 Å². The summed E-state index contributed by atoms with van der Waals surface area (Å²) in [6.07, 6.45) is 0. The van der Waals surface area contributed by atoms with Crippen molar-refractivity contribution in [2.45, 2.75) is 51.6 Å². The van der Waals surface area contributed by atoms with Crippen LogP contribution in [-0.2, 0) is 0 Å². The van der Waals surface area contributed by atoms with E-state index in [1.807, 2.05) is 36.4 Å². The van der Waals surface area contributed by atoms with Crippen LogP contribution in [0.25, 0.3) is 11.1 Å². The molecule has 0 radical (unpaired) electrons. The molecule has 2 aromatic rings. The Labute approximate surface area is 141 Å². The summed E-state index contributed by atoms with van der Waals surface area (Å²) in [5.41, 5.74) is 2.25. The first-order valence-electron chi connectivity index (χ1n) is 8.11. The zero-order valence-electron chi connectivity index (χ0n) is 15.1. The SMILES string of the molecule is CC(C)(C)[Si](O)(Oc1cccc(-c2ccccc2)c1)C(C)(C)C. The second kappa shape index (κ2) is 6.14. The summed E-state index contributed by atoms with van der Waals surface area (Å²) in [5, 5.41) is -0.567. The van der Waals surface area contributed by atoms with E-state index in [4.69, 9.17) is 4.43 Å². The van der Waals surface area contributed by atoms with Crippen molar-refractivity contribution in [1.82, 2.24) is 0 Å². The normalized spacial score (nSPS) is 13.0. The first kappa shape index (κ1) is 17.8. The molecule has 124 valence electrons. The zero-order chi connectivity index (χ0) is 17.3. The molecule has 0 amide bonds. The summed E-state index contributed by atoms with van der Waals surface area (Å²) < 4.78 is 6.29. The molecule has 2 nitrogen and oxygen atoms in total. The number of hydrogen-bond acceptors (Lipinski definition) is 2. The fraction of sp³-hybridized carbons (Fsp3) is 0.400. The Hall–Kier alpha value is -1.58. The van der Waals surface area contributed by atoms with E-state index in [2.05, 4.69) is 59.7 Å². The fourth-order valence-electron chi connectivity index (χ4n) is 2.97. The van der Waals surface area contributed by atoms with Crippen LogP contribution < -0.4 is 4.43 Å². The Morgan fingerprint density at radius 2 is 1.26 bits per heavy atom. The van der Waals surface area contributed by atoms with E-state index in [1.165, 1.54) is 0 Å². The van der Waals surface area contributed by atoms with Gasteiger partial charge in [-0.25, -0.2) is 0 Å². The highest BCUT2D eigenvalue weighted by molar-refractivity contribution is 6.72. The highest BCUT2D eigenvalue weighted by atomic mass is 28.4. The predicted octanol–water partition coefficient (Wildman–Crippen LogP) is 5.77. The maximum absolute atomic E-state index is 11.4. The van der Waals surface area contributed by atoms with Crippen molar-refractivity contribution in [1.29, 1.82) is 0 Å². The smallest absolute Gasteiger partial charge is 0.407 e. The van der Waals surface area contributed by atoms with Crippen molar-refractivity contribution in [3.8, 4) is 16.9 Å². The quantitative estimate of drug-likeness (QED) is 0.725. The third-order valence-electron chi connectivity index (χ3n) is 4.24. The van der Waals surface area contributed by atoms with Crippen LogP contribution in [0.3, 0.4) is 0 Å². The lowest BCUT2D eigenvalue weighted by molar-refractivity contribution is 0.284. The number of hydrogen-bond donors (Lipinski definition) is 1. The lowest BCUT2D eigenvalue weighted by atomic mass is 10.1. The molecule has 0 heterocycles. The van der Waals surface area contributed by atoms with Crippen LogP contribution in [0.2, 0.25) is 10.1 Å². The molecule has 0 unspecified atom stereocenters. The predicted molar refractivity (Wildman–Crippen MR) is 99.9 cm³/mol. The van der Waals surface area contributed by atoms with Crippen molar-refractivity contribution in [2.24, 2.45) is 0 Å². The highest BCUT2D eigenvalue weighted by Crippen LogP contribution is 2.49. The standard InChI is InChI=1S/C20H28O2Si/c1-19(2,3)23(21,20(4,5)6)22-18-14-10-13-17(15-18)16-11-8-7-9-12-16/h7-15,21H,1-6H3. The highest BCUT2D eigenvalue weighted by Gasteiger charge is 2.57. The number of benzene rings is 2. The van der Waals surface area contributed by atoms with Gasteiger partial charge in [0.25, 0.3) is 0 Å². The third kappa shape index (κ3) is 3.67. The van der Waals surface area contributed by atoms with E-state index in [-0.39, 0.29) is 10.1 Å². The van der Waals surface area contributed by atoms with Gasteiger partial charge in [-0.15, -0.1) is 0 Å². The van der Waals surface area contributed by atoms with Crippen LogP contribution in [0.5, 0.6) is 5.75 Å². The van der Waals surface area contributed by atoms with Crippen LogP contribution >= 0.6 is 0 Å². The van der Waals surface area contributed by atoms with Gasteiger partial charge >= 0.3 is 8.56 Å². The van der Waals surface area contributed by atoms with Gasteiger partial charge in [-0.05, 0) is 23.3 Å². The molecule has 0 fully saturated rings. The van der Waals surface area contributed by atoms with Gasteiger partial charge in [0.2, 0.25) is 0 Å². The van der Waals surface area contributed by atoms with Gasteiger partial charge < -0.3 is 9.22 Å². The molecule has 23 heavy (non-hydrogen) atoms. The fourth-order valence-corrected chi connectivity index (χ4v) is 6.30. The van der Waals surface area contributed by atoms with Crippen LogP contribution in [-0.4, -0.2) is 13.4 Å². The van der Waals surface area contributed by atoms with Crippen molar-refractivity contribution in [3.05, 3.63) is 54.6 Å². The van der Waals surface area contributed by atoms with Crippen molar-refractivity contribution < 1.29 is 9.22 Å². The molecule has 0 aliphatic heterocycles. The molecule has 0 aromatic heterocycles. The largest absolute Gasteiger partial charge is 0.520 e. The van der Waals surface area contributed by atoms with Crippen molar-refractivity contribution in [2.75, 3.05) is 0 Å². The lowest BCUT2D eigenvalue weighted by Crippen LogP contribution is -2.57. The molecule has 0 spiro atoms. The van der Waals surface area contributed by atoms with Crippen LogP contribution in [0.15, 0.2) is 54.6 Å². The summed E-state index contributed by atoms with van der Waals surface area (Å²) in [7, 11) is -3.02. The Kier molecular flexibility index (Phi) is 4.74. The van der Waals surface area contributed by atoms with E-state index < -0.39 is 8.56 Å². The average Bonchev–Trinajstić information content (AvgIpc) is 2.46. The molecule has 0 aliphatic rings. The van der Waals surface area contributed by atoms with E-state index in [9.17, 15) is 4.80 Å². The molecule has 2 rings (SSSR count). The van der Waals surface area contributed by atoms with Crippen molar-refractivity contribution >= 4 is 8.56 Å². The Morgan fingerprint density at radius 1 is 0.739 bits per heavy atom. The summed E-state index contributed by atoms with van der Waals surface area (Å²) in [5.74, 6) is 0.741. The molecule has 0 saturated heterocycles. The zero-order valence-corrected chi connectivity index (χ0v) is 16.1. The van der Waals surface area contributed by atoms with Gasteiger partial charge in [-0.3, -0.25) is 0 Å². The van der Waals surface area contributed by atoms with E-state index in [1.54, 1.807) is 0 Å². The van der Waals surface area contributed by atoms with E-state index in [0.29, 0.717) is 0 Å². The first-order valence-corrected chi connectivity index (χ1v) is 9.97. The summed E-state index contributed by atoms with van der Waals surface area (Å²) in [6, 6.07) is 18.2. The second-order valence-corrected chi connectivity index (χ2v) is 12.6. The molecular weight excluding hydrogens is 300 g/mol. The molecule has 0 atom stereocenters. The Bertz CT molecular complexity index is 637. The van der Waals surface area contributed by atoms with Gasteiger partial charge in [-0.2, -0.15) is 0 Å². The number of rotatable bonds is 3. The molecule has 2 aromatic carbocycles. The summed E-state index contributed by atoms with van der Waals surface area (Å²) >= 11 is 0. The topological polar surface area (TPSA) is 29.5 Å². The summed E-state index contributed by atoms with van der Waals surface area (Å²) in [6.45, 7) is 12.4. The van der Waals surface area contributed by atoms with Crippen molar-refractivity contribution in [3.63, 3.8) is 0 Å². The maximum Gasteiger partial charge on any atom is 0.407 e. The van der Waals surface area contributed by atoms with Gasteiger partial charge in [0.05, 0.1) is 0 Å². The second-order valence-electron chi connectivity index (χ2n) is 8.14. The lowest BCUT2D eigenvalue weighted by Gasteiger charge is -2.45. The molecule has 0 saturated carbocycles. The third-order valence-corrected chi connectivity index (χ3v) is 8.84. The molecule has 0 bridgehead atoms. The molecule has 0 aliphatic carbocycles. The molecular formula is C20H28O2Si. The van der Waals surface area contributed by atoms with Crippen LogP contribution in [0.1, 0.15) is 41.5 Å². The van der Waals surface area contributed by atoms with Crippen LogP contribution in [0, 0.1) is 0 Å². The van der Waals surface area contributed by atoms with E-state index >= 15 is 0 Å². The summed E-state index contributed by atoms with van der Waals surface area (Å²) in [4.78, 5) is 11.4. The minimum absolute atomic E-state index is 0.284.